The van der Waals surface area contributed by atoms with Gasteiger partial charge in [0.1, 0.15) is 0 Å². The van der Waals surface area contributed by atoms with Gasteiger partial charge in [-0.25, -0.2) is 0 Å². The first-order valence-corrected chi connectivity index (χ1v) is 7.21. The summed E-state index contributed by atoms with van der Waals surface area (Å²) >= 11 is 0. The number of nitrogens with zero attached hydrogens (tertiary/aromatic N) is 1. The van der Waals surface area contributed by atoms with Crippen LogP contribution in [0.3, 0.4) is 0 Å². The number of fused-ring (bicyclic) bond motifs is 1. The highest BCUT2D eigenvalue weighted by molar-refractivity contribution is 5.83. The Kier molecular flexibility index (Phi) is 5.59. The van der Waals surface area contributed by atoms with Gasteiger partial charge in [0.25, 0.3) is 0 Å². The number of rotatable bonds is 8. The molecule has 0 spiro atoms. The lowest BCUT2D eigenvalue weighted by molar-refractivity contribution is 0.0875. The molecule has 110 valence electrons. The van der Waals surface area contributed by atoms with Crippen molar-refractivity contribution in [1.82, 2.24) is 9.88 Å². The van der Waals surface area contributed by atoms with E-state index in [1.165, 1.54) is 16.5 Å². The van der Waals surface area contributed by atoms with Gasteiger partial charge in [0.05, 0.1) is 19.8 Å². The predicted octanol–water partition coefficient (Wildman–Crippen LogP) is 2.15. The number of ether oxygens (including phenoxy) is 1. The van der Waals surface area contributed by atoms with E-state index < -0.39 is 0 Å². The van der Waals surface area contributed by atoms with Crippen molar-refractivity contribution in [1.29, 1.82) is 0 Å². The Morgan fingerprint density at radius 2 is 2.05 bits per heavy atom. The minimum atomic E-state index is 0.0793. The molecular formula is C16H24N2O2. The van der Waals surface area contributed by atoms with Crippen molar-refractivity contribution in [2.45, 2.75) is 33.0 Å². The van der Waals surface area contributed by atoms with Crippen molar-refractivity contribution in [3.05, 3.63) is 36.0 Å². The summed E-state index contributed by atoms with van der Waals surface area (Å²) in [5, 5.41) is 13.5. The zero-order valence-electron chi connectivity index (χ0n) is 12.3. The molecule has 1 aromatic heterocycles. The van der Waals surface area contributed by atoms with Crippen LogP contribution in [-0.2, 0) is 17.8 Å². The fourth-order valence-corrected chi connectivity index (χ4v) is 2.29. The van der Waals surface area contributed by atoms with Crippen molar-refractivity contribution < 1.29 is 9.84 Å². The summed E-state index contributed by atoms with van der Waals surface area (Å²) < 4.78 is 7.58. The second kappa shape index (κ2) is 7.43. The fourth-order valence-electron chi connectivity index (χ4n) is 2.29. The lowest BCUT2D eigenvalue weighted by atomic mass is 10.2. The van der Waals surface area contributed by atoms with E-state index in [0.717, 1.165) is 13.1 Å². The first kappa shape index (κ1) is 15.0. The zero-order chi connectivity index (χ0) is 14.4. The van der Waals surface area contributed by atoms with E-state index in [1.54, 1.807) is 0 Å². The van der Waals surface area contributed by atoms with Crippen LogP contribution < -0.4 is 5.32 Å². The SMILES string of the molecule is CC(C)NCc1cn(CCOCCO)c2ccccc12. The minimum Gasteiger partial charge on any atom is -0.394 e. The molecule has 0 aliphatic rings. The summed E-state index contributed by atoms with van der Waals surface area (Å²) in [6.07, 6.45) is 2.20. The highest BCUT2D eigenvalue weighted by Crippen LogP contribution is 2.21. The van der Waals surface area contributed by atoms with Crippen molar-refractivity contribution in [2.75, 3.05) is 19.8 Å². The van der Waals surface area contributed by atoms with Gasteiger partial charge in [-0.1, -0.05) is 32.0 Å². The molecule has 0 bridgehead atoms. The van der Waals surface area contributed by atoms with Crippen LogP contribution in [0.5, 0.6) is 0 Å². The van der Waals surface area contributed by atoms with Gasteiger partial charge in [0.15, 0.2) is 0 Å². The van der Waals surface area contributed by atoms with E-state index in [9.17, 15) is 0 Å². The van der Waals surface area contributed by atoms with Crippen LogP contribution in [0.1, 0.15) is 19.4 Å². The summed E-state index contributed by atoms with van der Waals surface area (Å²) in [5.74, 6) is 0. The number of para-hydroxylation sites is 1. The summed E-state index contributed by atoms with van der Waals surface area (Å²) in [7, 11) is 0. The second-order valence-electron chi connectivity index (χ2n) is 5.24. The first-order valence-electron chi connectivity index (χ1n) is 7.21. The molecule has 1 heterocycles. The molecular weight excluding hydrogens is 252 g/mol. The minimum absolute atomic E-state index is 0.0793. The maximum Gasteiger partial charge on any atom is 0.0698 e. The van der Waals surface area contributed by atoms with Crippen molar-refractivity contribution >= 4 is 10.9 Å². The van der Waals surface area contributed by atoms with Crippen LogP contribution in [0.25, 0.3) is 10.9 Å². The molecule has 4 nitrogen and oxygen atoms in total. The number of benzene rings is 1. The molecule has 0 amide bonds. The van der Waals surface area contributed by atoms with E-state index in [0.29, 0.717) is 19.3 Å². The van der Waals surface area contributed by atoms with Crippen molar-refractivity contribution in [2.24, 2.45) is 0 Å². The molecule has 0 atom stereocenters. The van der Waals surface area contributed by atoms with Crippen molar-refractivity contribution in [3.63, 3.8) is 0 Å². The average molecular weight is 276 g/mol. The van der Waals surface area contributed by atoms with Gasteiger partial charge in [-0.15, -0.1) is 0 Å². The highest BCUT2D eigenvalue weighted by atomic mass is 16.5. The molecule has 0 saturated heterocycles. The molecule has 2 aromatic rings. The molecule has 0 fully saturated rings. The van der Waals surface area contributed by atoms with E-state index in [-0.39, 0.29) is 6.61 Å². The average Bonchev–Trinajstić information content (AvgIpc) is 2.80. The summed E-state index contributed by atoms with van der Waals surface area (Å²) in [6.45, 7) is 7.10. The molecule has 1 aromatic carbocycles. The lowest BCUT2D eigenvalue weighted by Crippen LogP contribution is -2.21. The van der Waals surface area contributed by atoms with Crippen LogP contribution in [-0.4, -0.2) is 35.5 Å². The molecule has 0 unspecified atom stereocenters. The summed E-state index contributed by atoms with van der Waals surface area (Å²) in [4.78, 5) is 0. The maximum atomic E-state index is 8.72. The van der Waals surface area contributed by atoms with E-state index in [2.05, 4.69) is 54.2 Å². The normalized spacial score (nSPS) is 11.6. The maximum absolute atomic E-state index is 8.72. The van der Waals surface area contributed by atoms with Gasteiger partial charge in [0, 0.05) is 36.2 Å². The highest BCUT2D eigenvalue weighted by Gasteiger charge is 2.08. The quantitative estimate of drug-likeness (QED) is 0.726. The number of aliphatic hydroxyl groups is 1. The van der Waals surface area contributed by atoms with Gasteiger partial charge >= 0.3 is 0 Å². The number of nitrogens with one attached hydrogen (secondary N) is 1. The Balaban J connectivity index is 2.13. The van der Waals surface area contributed by atoms with Gasteiger partial charge in [-0.3, -0.25) is 0 Å². The van der Waals surface area contributed by atoms with E-state index in [1.807, 2.05) is 0 Å². The number of hydrogen-bond donors (Lipinski definition) is 2. The fraction of sp³-hybridized carbons (Fsp3) is 0.500. The third-order valence-corrected chi connectivity index (χ3v) is 3.28. The van der Waals surface area contributed by atoms with Crippen molar-refractivity contribution in [3.8, 4) is 0 Å². The van der Waals surface area contributed by atoms with Gasteiger partial charge < -0.3 is 19.7 Å². The number of aliphatic hydroxyl groups excluding tert-OH is 1. The Bertz CT molecular complexity index is 534. The monoisotopic (exact) mass is 276 g/mol. The third kappa shape index (κ3) is 3.82. The van der Waals surface area contributed by atoms with Crippen LogP contribution >= 0.6 is 0 Å². The van der Waals surface area contributed by atoms with Crippen LogP contribution in [0.2, 0.25) is 0 Å². The molecule has 0 radical (unpaired) electrons. The topological polar surface area (TPSA) is 46.4 Å². The molecule has 2 rings (SSSR count). The molecule has 0 aliphatic carbocycles. The standard InChI is InChI=1S/C16H24N2O2/c1-13(2)17-11-14-12-18(7-9-20-10-8-19)16-6-4-3-5-15(14)16/h3-6,12-13,17,19H,7-11H2,1-2H3. The second-order valence-corrected chi connectivity index (χ2v) is 5.24. The first-order chi connectivity index (χ1) is 9.72. The van der Waals surface area contributed by atoms with Gasteiger partial charge in [0.2, 0.25) is 0 Å². The summed E-state index contributed by atoms with van der Waals surface area (Å²) in [6, 6.07) is 8.92. The van der Waals surface area contributed by atoms with Crippen LogP contribution in [0, 0.1) is 0 Å². The lowest BCUT2D eigenvalue weighted by Gasteiger charge is -2.06. The largest absolute Gasteiger partial charge is 0.394 e. The Morgan fingerprint density at radius 1 is 1.25 bits per heavy atom. The predicted molar refractivity (Wildman–Crippen MR) is 81.8 cm³/mol. The summed E-state index contributed by atoms with van der Waals surface area (Å²) in [5.41, 5.74) is 2.55. The smallest absolute Gasteiger partial charge is 0.0698 e. The Labute approximate surface area is 120 Å². The Morgan fingerprint density at radius 3 is 2.80 bits per heavy atom. The molecule has 2 N–H and O–H groups in total. The molecule has 4 heteroatoms. The molecule has 20 heavy (non-hydrogen) atoms. The van der Waals surface area contributed by atoms with Gasteiger partial charge in [-0.05, 0) is 11.6 Å². The molecule has 0 aliphatic heterocycles. The van der Waals surface area contributed by atoms with Gasteiger partial charge in [-0.2, -0.15) is 0 Å². The van der Waals surface area contributed by atoms with Crippen LogP contribution in [0.15, 0.2) is 30.5 Å². The molecule has 0 saturated carbocycles. The number of aromatic nitrogens is 1. The third-order valence-electron chi connectivity index (χ3n) is 3.28. The number of hydrogen-bond acceptors (Lipinski definition) is 3. The van der Waals surface area contributed by atoms with E-state index in [4.69, 9.17) is 9.84 Å². The zero-order valence-corrected chi connectivity index (χ0v) is 12.3. The van der Waals surface area contributed by atoms with Crippen LogP contribution in [0.4, 0.5) is 0 Å². The Hall–Kier alpha value is -1.36. The van der Waals surface area contributed by atoms with E-state index >= 15 is 0 Å².